The maximum absolute atomic E-state index is 6.69. The van der Waals surface area contributed by atoms with Gasteiger partial charge in [-0.05, 0) is 42.6 Å². The van der Waals surface area contributed by atoms with E-state index in [2.05, 4.69) is 102 Å². The van der Waals surface area contributed by atoms with E-state index in [-0.39, 0.29) is 0 Å². The number of imidazole rings is 1. The molecule has 0 saturated heterocycles. The zero-order chi connectivity index (χ0) is 25.9. The highest BCUT2D eigenvalue weighted by Gasteiger charge is 2.22. The molecule has 184 valence electrons. The molecular weight excluding hydrogens is 478 g/mol. The summed E-state index contributed by atoms with van der Waals surface area (Å²) in [6.07, 6.45) is 0. The second-order valence-electron chi connectivity index (χ2n) is 9.88. The molecule has 0 amide bonds. The minimum atomic E-state index is 0.834. The monoisotopic (exact) mass is 501 g/mol. The van der Waals surface area contributed by atoms with Crippen LogP contribution in [0, 0.1) is 6.92 Å². The molecular formula is C35H23N3O. The topological polar surface area (TPSA) is 43.9 Å². The molecule has 0 aliphatic rings. The average Bonchev–Trinajstić information content (AvgIpc) is 3.57. The van der Waals surface area contributed by atoms with Crippen LogP contribution in [0.25, 0.3) is 72.1 Å². The van der Waals surface area contributed by atoms with E-state index in [0.29, 0.717) is 0 Å². The number of hydrogen-bond donors (Lipinski definition) is 0. The zero-order valence-corrected chi connectivity index (χ0v) is 21.3. The minimum absolute atomic E-state index is 0.834. The Balaban J connectivity index is 1.47. The first-order valence-electron chi connectivity index (χ1n) is 13.1. The van der Waals surface area contributed by atoms with Crippen molar-refractivity contribution in [1.82, 2.24) is 14.5 Å². The number of nitrogens with zero attached hydrogens (tertiary/aromatic N) is 3. The second-order valence-corrected chi connectivity index (χ2v) is 9.88. The molecule has 0 aliphatic heterocycles. The number of aryl methyl sites for hydroxylation is 1. The molecule has 3 aromatic heterocycles. The van der Waals surface area contributed by atoms with Crippen molar-refractivity contribution in [2.24, 2.45) is 0 Å². The van der Waals surface area contributed by atoms with Gasteiger partial charge < -0.3 is 4.42 Å². The molecule has 0 aliphatic carbocycles. The third kappa shape index (κ3) is 3.32. The summed E-state index contributed by atoms with van der Waals surface area (Å²) >= 11 is 0. The fourth-order valence-electron chi connectivity index (χ4n) is 5.71. The maximum atomic E-state index is 6.69. The first-order valence-corrected chi connectivity index (χ1v) is 13.1. The lowest BCUT2D eigenvalue weighted by molar-refractivity contribution is 0.673. The van der Waals surface area contributed by atoms with Crippen LogP contribution in [0.15, 0.2) is 126 Å². The Morgan fingerprint density at radius 1 is 0.615 bits per heavy atom. The van der Waals surface area contributed by atoms with E-state index in [1.54, 1.807) is 0 Å². The Kier molecular flexibility index (Phi) is 4.70. The summed E-state index contributed by atoms with van der Waals surface area (Å²) in [5, 5.41) is 4.47. The van der Waals surface area contributed by atoms with Crippen LogP contribution >= 0.6 is 0 Å². The third-order valence-electron chi connectivity index (χ3n) is 7.53. The Labute approximate surface area is 224 Å². The van der Waals surface area contributed by atoms with E-state index < -0.39 is 0 Å². The van der Waals surface area contributed by atoms with Crippen molar-refractivity contribution in [2.45, 2.75) is 6.92 Å². The molecule has 0 atom stereocenters. The molecule has 0 N–H and O–H groups in total. The summed E-state index contributed by atoms with van der Waals surface area (Å²) in [7, 11) is 0. The van der Waals surface area contributed by atoms with E-state index in [1.165, 1.54) is 0 Å². The highest BCUT2D eigenvalue weighted by Crippen LogP contribution is 2.40. The molecule has 0 bridgehead atoms. The van der Waals surface area contributed by atoms with Gasteiger partial charge in [0.2, 0.25) is 0 Å². The molecule has 8 aromatic rings. The first kappa shape index (κ1) is 21.8. The Morgan fingerprint density at radius 3 is 2.18 bits per heavy atom. The third-order valence-corrected chi connectivity index (χ3v) is 7.53. The Bertz CT molecular complexity index is 2170. The summed E-state index contributed by atoms with van der Waals surface area (Å²) in [6.45, 7) is 2.04. The van der Waals surface area contributed by atoms with E-state index in [1.807, 2.05) is 31.2 Å². The average molecular weight is 502 g/mol. The van der Waals surface area contributed by atoms with Crippen LogP contribution in [0.2, 0.25) is 0 Å². The predicted octanol–water partition coefficient (Wildman–Crippen LogP) is 9.12. The standard InChI is InChI=1S/C35H23N3O/c1-22-32-31(21-30(36-22)24-12-4-2-5-13-24)38(25-14-6-3-7-15-25)35(37-32)29-18-10-17-27-28-20-19-23-11-8-9-16-26(23)33(28)39-34(27)29/h2-21H,1H3. The zero-order valence-electron chi connectivity index (χ0n) is 21.3. The van der Waals surface area contributed by atoms with Gasteiger partial charge in [0.05, 0.1) is 22.5 Å². The molecule has 3 heterocycles. The van der Waals surface area contributed by atoms with Crippen molar-refractivity contribution in [2.75, 3.05) is 0 Å². The van der Waals surface area contributed by atoms with Gasteiger partial charge in [0.1, 0.15) is 22.5 Å². The van der Waals surface area contributed by atoms with Gasteiger partial charge in [0.25, 0.3) is 0 Å². The van der Waals surface area contributed by atoms with Crippen molar-refractivity contribution in [3.05, 3.63) is 127 Å². The Hall–Kier alpha value is -5.22. The summed E-state index contributed by atoms with van der Waals surface area (Å²) in [5.74, 6) is 0.834. The molecule has 8 rings (SSSR count). The van der Waals surface area contributed by atoms with Gasteiger partial charge in [0, 0.05) is 27.4 Å². The number of rotatable bonds is 3. The number of fused-ring (bicyclic) bond motifs is 6. The highest BCUT2D eigenvalue weighted by molar-refractivity contribution is 6.17. The smallest absolute Gasteiger partial charge is 0.149 e. The SMILES string of the molecule is Cc1nc(-c2ccccc2)cc2c1nc(-c1cccc3c1oc1c4ccccc4ccc31)n2-c1ccccc1. The number of furan rings is 1. The summed E-state index contributed by atoms with van der Waals surface area (Å²) in [6, 6.07) is 41.9. The van der Waals surface area contributed by atoms with Crippen molar-refractivity contribution in [1.29, 1.82) is 0 Å². The van der Waals surface area contributed by atoms with Crippen LogP contribution in [0.5, 0.6) is 0 Å². The fourth-order valence-corrected chi connectivity index (χ4v) is 5.71. The predicted molar refractivity (Wildman–Crippen MR) is 159 cm³/mol. The number of aromatic nitrogens is 3. The molecule has 5 aromatic carbocycles. The molecule has 4 nitrogen and oxygen atoms in total. The number of hydrogen-bond acceptors (Lipinski definition) is 3. The largest absolute Gasteiger partial charge is 0.455 e. The fraction of sp³-hybridized carbons (Fsp3) is 0.0286. The van der Waals surface area contributed by atoms with Crippen LogP contribution in [0.1, 0.15) is 5.69 Å². The number of pyridine rings is 1. The Morgan fingerprint density at radius 2 is 1.33 bits per heavy atom. The first-order chi connectivity index (χ1) is 19.3. The van der Waals surface area contributed by atoms with Gasteiger partial charge in [-0.25, -0.2) is 4.98 Å². The number of para-hydroxylation sites is 2. The van der Waals surface area contributed by atoms with Gasteiger partial charge in [0.15, 0.2) is 0 Å². The normalized spacial score (nSPS) is 11.7. The van der Waals surface area contributed by atoms with Crippen LogP contribution in [-0.2, 0) is 0 Å². The van der Waals surface area contributed by atoms with Crippen molar-refractivity contribution in [3.8, 4) is 28.3 Å². The second kappa shape index (κ2) is 8.40. The van der Waals surface area contributed by atoms with Crippen molar-refractivity contribution < 1.29 is 4.42 Å². The summed E-state index contributed by atoms with van der Waals surface area (Å²) < 4.78 is 8.93. The molecule has 4 heteroatoms. The lowest BCUT2D eigenvalue weighted by atomic mass is 10.0. The van der Waals surface area contributed by atoms with Gasteiger partial charge in [-0.1, -0.05) is 91.0 Å². The van der Waals surface area contributed by atoms with Crippen LogP contribution < -0.4 is 0 Å². The molecule has 39 heavy (non-hydrogen) atoms. The van der Waals surface area contributed by atoms with Crippen molar-refractivity contribution >= 4 is 43.7 Å². The van der Waals surface area contributed by atoms with Crippen molar-refractivity contribution in [3.63, 3.8) is 0 Å². The maximum Gasteiger partial charge on any atom is 0.149 e. The minimum Gasteiger partial charge on any atom is -0.455 e. The van der Waals surface area contributed by atoms with Crippen LogP contribution in [0.3, 0.4) is 0 Å². The van der Waals surface area contributed by atoms with E-state index in [4.69, 9.17) is 14.4 Å². The van der Waals surface area contributed by atoms with Gasteiger partial charge in [-0.3, -0.25) is 9.55 Å². The number of benzene rings is 5. The van der Waals surface area contributed by atoms with Crippen LogP contribution in [0.4, 0.5) is 0 Å². The molecule has 0 saturated carbocycles. The van der Waals surface area contributed by atoms with E-state index in [0.717, 1.165) is 77.8 Å². The molecule has 0 unspecified atom stereocenters. The lowest BCUT2D eigenvalue weighted by Crippen LogP contribution is -1.98. The summed E-state index contributed by atoms with van der Waals surface area (Å²) in [5.41, 5.74) is 8.53. The van der Waals surface area contributed by atoms with Gasteiger partial charge in [-0.15, -0.1) is 0 Å². The molecule has 0 fully saturated rings. The van der Waals surface area contributed by atoms with E-state index >= 15 is 0 Å². The highest BCUT2D eigenvalue weighted by atomic mass is 16.3. The van der Waals surface area contributed by atoms with E-state index in [9.17, 15) is 0 Å². The molecule has 0 spiro atoms. The quantitative estimate of drug-likeness (QED) is 0.242. The van der Waals surface area contributed by atoms with Gasteiger partial charge in [-0.2, -0.15) is 0 Å². The lowest BCUT2D eigenvalue weighted by Gasteiger charge is -2.11. The van der Waals surface area contributed by atoms with Crippen LogP contribution in [-0.4, -0.2) is 14.5 Å². The summed E-state index contributed by atoms with van der Waals surface area (Å²) in [4.78, 5) is 10.2. The molecule has 0 radical (unpaired) electrons. The van der Waals surface area contributed by atoms with Gasteiger partial charge >= 0.3 is 0 Å².